The Balaban J connectivity index is 1.69. The van der Waals surface area contributed by atoms with E-state index in [0.717, 1.165) is 50.0 Å². The smallest absolute Gasteiger partial charge is 0.231 e. The summed E-state index contributed by atoms with van der Waals surface area (Å²) in [7, 11) is 0. The lowest BCUT2D eigenvalue weighted by Crippen LogP contribution is -2.00. The Bertz CT molecular complexity index is 976. The van der Waals surface area contributed by atoms with Gasteiger partial charge in [-0.1, -0.05) is 37.9 Å². The lowest BCUT2D eigenvalue weighted by Gasteiger charge is -2.10. The zero-order valence-corrected chi connectivity index (χ0v) is 17.5. The van der Waals surface area contributed by atoms with E-state index in [-0.39, 0.29) is 6.79 Å². The summed E-state index contributed by atoms with van der Waals surface area (Å²) in [6.07, 6.45) is 6.51. The predicted octanol–water partition coefficient (Wildman–Crippen LogP) is 5.24. The average Bonchev–Trinajstić information content (AvgIpc) is 3.24. The van der Waals surface area contributed by atoms with E-state index in [2.05, 4.69) is 32.4 Å². The molecule has 3 aromatic rings. The Hall–Kier alpha value is -1.93. The van der Waals surface area contributed by atoms with Crippen LogP contribution in [-0.2, 0) is 6.54 Å². The van der Waals surface area contributed by atoms with Gasteiger partial charge in [-0.2, -0.15) is 0 Å². The van der Waals surface area contributed by atoms with E-state index in [1.807, 2.05) is 18.2 Å². The summed E-state index contributed by atoms with van der Waals surface area (Å²) >= 11 is 5.22. The minimum Gasteiger partial charge on any atom is -0.454 e. The number of aromatic nitrogens is 3. The van der Waals surface area contributed by atoms with Gasteiger partial charge >= 0.3 is 0 Å². The molecule has 1 aromatic carbocycles. The van der Waals surface area contributed by atoms with E-state index >= 15 is 0 Å². The van der Waals surface area contributed by atoms with Crippen molar-refractivity contribution in [1.29, 1.82) is 0 Å². The topological polar surface area (TPSA) is 75.2 Å². The fourth-order valence-corrected chi connectivity index (χ4v) is 4.64. The number of ether oxygens (including phenoxy) is 2. The monoisotopic (exact) mass is 448 g/mol. The Morgan fingerprint density at radius 2 is 2.04 bits per heavy atom. The first kappa shape index (κ1) is 18.4. The molecule has 2 N–H and O–H groups in total. The van der Waals surface area contributed by atoms with Gasteiger partial charge in [0.05, 0.1) is 5.52 Å². The molecule has 0 saturated heterocycles. The quantitative estimate of drug-likeness (QED) is 0.498. The SMILES string of the molecule is CCCCCCn1c(Sc2cc3c(cc2Br)OCO3)nc2c(N)nccc21. The third kappa shape index (κ3) is 3.73. The second-order valence-electron chi connectivity index (χ2n) is 6.41. The third-order valence-electron chi connectivity index (χ3n) is 4.52. The number of nitrogens with two attached hydrogens (primary N) is 1. The number of unbranched alkanes of at least 4 members (excludes halogenated alkanes) is 3. The van der Waals surface area contributed by atoms with E-state index in [0.29, 0.717) is 5.82 Å². The van der Waals surface area contributed by atoms with Gasteiger partial charge < -0.3 is 19.8 Å². The molecule has 2 aromatic heterocycles. The maximum absolute atomic E-state index is 6.07. The van der Waals surface area contributed by atoms with E-state index < -0.39 is 0 Å². The molecule has 6 nitrogen and oxygen atoms in total. The lowest BCUT2D eigenvalue weighted by molar-refractivity contribution is 0.174. The zero-order valence-electron chi connectivity index (χ0n) is 15.1. The van der Waals surface area contributed by atoms with Crippen molar-refractivity contribution in [2.45, 2.75) is 49.2 Å². The normalized spacial score (nSPS) is 12.8. The molecule has 1 aliphatic heterocycles. The maximum atomic E-state index is 6.07. The van der Waals surface area contributed by atoms with Crippen LogP contribution in [0.25, 0.3) is 11.0 Å². The molecule has 142 valence electrons. The predicted molar refractivity (Wildman–Crippen MR) is 110 cm³/mol. The molecule has 0 amide bonds. The Morgan fingerprint density at radius 3 is 2.85 bits per heavy atom. The highest BCUT2D eigenvalue weighted by Crippen LogP contribution is 2.43. The van der Waals surface area contributed by atoms with Gasteiger partial charge in [-0.25, -0.2) is 9.97 Å². The molecule has 0 aliphatic carbocycles. The standard InChI is InChI=1S/C19H21BrN4O2S/c1-2-3-4-5-8-24-13-6-7-22-18(21)17(13)23-19(24)27-16-10-15-14(9-12(16)20)25-11-26-15/h6-7,9-10H,2-5,8,11H2,1H3,(H2,21,22). The zero-order chi connectivity index (χ0) is 18.8. The van der Waals surface area contributed by atoms with Crippen molar-refractivity contribution in [2.24, 2.45) is 0 Å². The van der Waals surface area contributed by atoms with E-state index in [4.69, 9.17) is 20.2 Å². The van der Waals surface area contributed by atoms with Crippen molar-refractivity contribution in [3.63, 3.8) is 0 Å². The number of hydrogen-bond donors (Lipinski definition) is 1. The first-order valence-electron chi connectivity index (χ1n) is 9.05. The molecule has 0 radical (unpaired) electrons. The molecule has 0 fully saturated rings. The first-order chi connectivity index (χ1) is 13.2. The molecule has 3 heterocycles. The molecule has 1 aliphatic rings. The number of anilines is 1. The van der Waals surface area contributed by atoms with Crippen LogP contribution < -0.4 is 15.2 Å². The fraction of sp³-hybridized carbons (Fsp3) is 0.368. The molecular weight excluding hydrogens is 428 g/mol. The summed E-state index contributed by atoms with van der Waals surface area (Å²) in [4.78, 5) is 10.0. The summed E-state index contributed by atoms with van der Waals surface area (Å²) < 4.78 is 14.2. The molecule has 0 spiro atoms. The van der Waals surface area contributed by atoms with Crippen molar-refractivity contribution in [1.82, 2.24) is 14.5 Å². The van der Waals surface area contributed by atoms with Crippen LogP contribution in [0.2, 0.25) is 0 Å². The van der Waals surface area contributed by atoms with Gasteiger partial charge in [0.1, 0.15) is 5.52 Å². The molecular formula is C19H21BrN4O2S. The van der Waals surface area contributed by atoms with Gasteiger partial charge in [0.25, 0.3) is 0 Å². The van der Waals surface area contributed by atoms with Crippen molar-refractivity contribution >= 4 is 44.5 Å². The van der Waals surface area contributed by atoms with Gasteiger partial charge in [-0.05, 0) is 40.5 Å². The van der Waals surface area contributed by atoms with Crippen LogP contribution in [0.1, 0.15) is 32.6 Å². The molecule has 0 unspecified atom stereocenters. The highest BCUT2D eigenvalue weighted by molar-refractivity contribution is 9.10. The van der Waals surface area contributed by atoms with Crippen LogP contribution in [0, 0.1) is 0 Å². The number of pyridine rings is 1. The summed E-state index contributed by atoms with van der Waals surface area (Å²) in [5.74, 6) is 1.98. The van der Waals surface area contributed by atoms with Crippen LogP contribution in [0.4, 0.5) is 5.82 Å². The number of aryl methyl sites for hydroxylation is 1. The largest absolute Gasteiger partial charge is 0.454 e. The highest BCUT2D eigenvalue weighted by atomic mass is 79.9. The van der Waals surface area contributed by atoms with Gasteiger partial charge in [0.2, 0.25) is 6.79 Å². The van der Waals surface area contributed by atoms with E-state index in [9.17, 15) is 0 Å². The van der Waals surface area contributed by atoms with Crippen LogP contribution in [0.15, 0.2) is 38.9 Å². The number of halogens is 1. The van der Waals surface area contributed by atoms with Crippen molar-refractivity contribution in [2.75, 3.05) is 12.5 Å². The second-order valence-corrected chi connectivity index (χ2v) is 8.27. The molecule has 0 saturated carbocycles. The Labute approximate surface area is 170 Å². The number of benzene rings is 1. The summed E-state index contributed by atoms with van der Waals surface area (Å²) in [5, 5.41) is 0.903. The molecule has 0 atom stereocenters. The number of nitrogen functional groups attached to an aromatic ring is 1. The van der Waals surface area contributed by atoms with Crippen LogP contribution in [0.3, 0.4) is 0 Å². The minimum absolute atomic E-state index is 0.258. The summed E-state index contributed by atoms with van der Waals surface area (Å²) in [6.45, 7) is 3.38. The van der Waals surface area contributed by atoms with Gasteiger partial charge in [-0.3, -0.25) is 0 Å². The lowest BCUT2D eigenvalue weighted by atomic mass is 10.2. The maximum Gasteiger partial charge on any atom is 0.231 e. The van der Waals surface area contributed by atoms with Crippen LogP contribution in [0.5, 0.6) is 11.5 Å². The number of fused-ring (bicyclic) bond motifs is 2. The molecule has 4 rings (SSSR count). The van der Waals surface area contributed by atoms with Crippen LogP contribution >= 0.6 is 27.7 Å². The summed E-state index contributed by atoms with van der Waals surface area (Å²) in [6, 6.07) is 5.91. The van der Waals surface area contributed by atoms with E-state index in [1.165, 1.54) is 19.3 Å². The van der Waals surface area contributed by atoms with Crippen LogP contribution in [-0.4, -0.2) is 21.3 Å². The van der Waals surface area contributed by atoms with Gasteiger partial charge in [0.15, 0.2) is 22.5 Å². The minimum atomic E-state index is 0.258. The number of imidazole rings is 1. The average molecular weight is 449 g/mol. The third-order valence-corrected chi connectivity index (χ3v) is 6.49. The summed E-state index contributed by atoms with van der Waals surface area (Å²) in [5.41, 5.74) is 7.85. The second kappa shape index (κ2) is 7.98. The Kier molecular flexibility index (Phi) is 5.45. The number of hydrogen-bond acceptors (Lipinski definition) is 6. The van der Waals surface area contributed by atoms with Gasteiger partial charge in [0, 0.05) is 22.1 Å². The van der Waals surface area contributed by atoms with Gasteiger partial charge in [-0.15, -0.1) is 0 Å². The van der Waals surface area contributed by atoms with Crippen molar-refractivity contribution < 1.29 is 9.47 Å². The Morgan fingerprint density at radius 1 is 1.22 bits per heavy atom. The van der Waals surface area contributed by atoms with Crippen molar-refractivity contribution in [3.05, 3.63) is 28.9 Å². The number of nitrogens with zero attached hydrogens (tertiary/aromatic N) is 3. The molecule has 0 bridgehead atoms. The number of rotatable bonds is 7. The molecule has 27 heavy (non-hydrogen) atoms. The fourth-order valence-electron chi connectivity index (χ4n) is 3.12. The van der Waals surface area contributed by atoms with Crippen molar-refractivity contribution in [3.8, 4) is 11.5 Å². The van der Waals surface area contributed by atoms with E-state index in [1.54, 1.807) is 18.0 Å². The first-order valence-corrected chi connectivity index (χ1v) is 10.7. The molecule has 8 heteroatoms. The highest BCUT2D eigenvalue weighted by Gasteiger charge is 2.20.